The van der Waals surface area contributed by atoms with Gasteiger partial charge in [-0.15, -0.1) is 3.89 Å². The largest absolute Gasteiger partial charge is 0.334 e. The molecule has 0 saturated carbocycles. The van der Waals surface area contributed by atoms with Gasteiger partial charge in [-0.05, 0) is 31.2 Å². The van der Waals surface area contributed by atoms with Crippen LogP contribution < -0.4 is 4.72 Å². The van der Waals surface area contributed by atoms with Gasteiger partial charge in [0.05, 0.1) is 10.6 Å². The third kappa shape index (κ3) is 3.59. The summed E-state index contributed by atoms with van der Waals surface area (Å²) in [5.41, 5.74) is 0.543. The molecular formula is C13H12FNO4S2. The quantitative estimate of drug-likeness (QED) is 0.874. The molecule has 2 aromatic rings. The molecule has 1 N–H and O–H groups in total. The standard InChI is InChI=1S/C13H12FNO4S2/c1-10-6-8-11(9-7-10)21(18,19)15-12-4-2-3-5-13(12)20(14,16)17/h2-9,15H,1H3. The summed E-state index contributed by atoms with van der Waals surface area (Å²) in [7, 11) is -9.02. The second-order valence-corrected chi connectivity index (χ2v) is 7.35. The van der Waals surface area contributed by atoms with E-state index in [1.807, 2.05) is 0 Å². The van der Waals surface area contributed by atoms with E-state index in [1.165, 1.54) is 30.3 Å². The number of hydrogen-bond acceptors (Lipinski definition) is 4. The van der Waals surface area contributed by atoms with Gasteiger partial charge in [0.25, 0.3) is 10.0 Å². The van der Waals surface area contributed by atoms with Crippen molar-refractivity contribution in [3.63, 3.8) is 0 Å². The van der Waals surface area contributed by atoms with Crippen LogP contribution in [0.2, 0.25) is 0 Å². The Labute approximate surface area is 122 Å². The van der Waals surface area contributed by atoms with Crippen molar-refractivity contribution in [2.45, 2.75) is 16.7 Å². The number of aryl methyl sites for hydroxylation is 1. The minimum atomic E-state index is -5.02. The van der Waals surface area contributed by atoms with Gasteiger partial charge in [-0.3, -0.25) is 4.72 Å². The van der Waals surface area contributed by atoms with Gasteiger partial charge in [-0.1, -0.05) is 29.8 Å². The minimum Gasteiger partial charge on any atom is -0.278 e. The first-order chi connectivity index (χ1) is 9.70. The van der Waals surface area contributed by atoms with Crippen LogP contribution >= 0.6 is 0 Å². The van der Waals surface area contributed by atoms with Gasteiger partial charge in [0, 0.05) is 0 Å². The van der Waals surface area contributed by atoms with Gasteiger partial charge < -0.3 is 0 Å². The smallest absolute Gasteiger partial charge is 0.278 e. The van der Waals surface area contributed by atoms with Crippen molar-refractivity contribution in [1.82, 2.24) is 0 Å². The molecule has 0 aliphatic heterocycles. The van der Waals surface area contributed by atoms with Crippen molar-refractivity contribution in [2.75, 3.05) is 4.72 Å². The second-order valence-electron chi connectivity index (χ2n) is 4.35. The van der Waals surface area contributed by atoms with Crippen molar-refractivity contribution in [3.05, 3.63) is 54.1 Å². The Kier molecular flexibility index (Phi) is 4.02. The van der Waals surface area contributed by atoms with Gasteiger partial charge in [-0.25, -0.2) is 8.42 Å². The lowest BCUT2D eigenvalue weighted by atomic mass is 10.2. The Bertz CT molecular complexity index is 859. The number of benzene rings is 2. The van der Waals surface area contributed by atoms with E-state index < -0.39 is 25.1 Å². The fraction of sp³-hybridized carbons (Fsp3) is 0.0769. The SMILES string of the molecule is Cc1ccc(S(=O)(=O)Nc2ccccc2S(=O)(=O)F)cc1. The van der Waals surface area contributed by atoms with Crippen molar-refractivity contribution in [3.8, 4) is 0 Å². The Morgan fingerprint density at radius 2 is 1.48 bits per heavy atom. The lowest BCUT2D eigenvalue weighted by molar-refractivity contribution is 0.552. The van der Waals surface area contributed by atoms with Gasteiger partial charge in [-0.2, -0.15) is 8.42 Å². The molecule has 0 aliphatic carbocycles. The minimum absolute atomic E-state index is 0.0424. The van der Waals surface area contributed by atoms with Gasteiger partial charge in [0.1, 0.15) is 4.90 Å². The summed E-state index contributed by atoms with van der Waals surface area (Å²) in [6.45, 7) is 1.80. The molecule has 0 spiro atoms. The zero-order valence-corrected chi connectivity index (χ0v) is 12.6. The van der Waals surface area contributed by atoms with E-state index in [4.69, 9.17) is 0 Å². The van der Waals surface area contributed by atoms with E-state index in [0.717, 1.165) is 11.6 Å². The highest BCUT2D eigenvalue weighted by atomic mass is 32.3. The molecule has 5 nitrogen and oxygen atoms in total. The zero-order chi connectivity index (χ0) is 15.7. The molecule has 2 aromatic carbocycles. The molecule has 0 bridgehead atoms. The molecule has 0 radical (unpaired) electrons. The van der Waals surface area contributed by atoms with Crippen LogP contribution in [0.15, 0.2) is 58.3 Å². The molecule has 0 fully saturated rings. The summed E-state index contributed by atoms with van der Waals surface area (Å²) < 4.78 is 61.6. The van der Waals surface area contributed by atoms with Crippen LogP contribution in [-0.2, 0) is 20.2 Å². The second kappa shape index (κ2) is 5.45. The number of hydrogen-bond donors (Lipinski definition) is 1. The van der Waals surface area contributed by atoms with Crippen molar-refractivity contribution in [2.24, 2.45) is 0 Å². The molecule has 0 aliphatic rings. The number of sulfonamides is 1. The summed E-state index contributed by atoms with van der Waals surface area (Å²) in [5.74, 6) is 0. The molecule has 0 atom stereocenters. The fourth-order valence-electron chi connectivity index (χ4n) is 1.68. The molecule has 0 amide bonds. The molecule has 0 aromatic heterocycles. The van der Waals surface area contributed by atoms with E-state index in [1.54, 1.807) is 19.1 Å². The molecule has 2 rings (SSSR count). The first kappa shape index (κ1) is 15.5. The predicted octanol–water partition coefficient (Wildman–Crippen LogP) is 2.45. The predicted molar refractivity (Wildman–Crippen MR) is 76.7 cm³/mol. The highest BCUT2D eigenvalue weighted by molar-refractivity contribution is 7.93. The Morgan fingerprint density at radius 1 is 0.905 bits per heavy atom. The topological polar surface area (TPSA) is 80.3 Å². The van der Waals surface area contributed by atoms with Crippen LogP contribution in [0.25, 0.3) is 0 Å². The molecule has 21 heavy (non-hydrogen) atoms. The monoisotopic (exact) mass is 329 g/mol. The summed E-state index contributed by atoms with van der Waals surface area (Å²) in [6, 6.07) is 10.8. The molecule has 112 valence electrons. The fourth-order valence-corrected chi connectivity index (χ4v) is 3.45. The van der Waals surface area contributed by atoms with Crippen molar-refractivity contribution in [1.29, 1.82) is 0 Å². The molecule has 8 heteroatoms. The van der Waals surface area contributed by atoms with Crippen molar-refractivity contribution < 1.29 is 20.7 Å². The van der Waals surface area contributed by atoms with Crippen LogP contribution in [0.4, 0.5) is 9.57 Å². The number of para-hydroxylation sites is 1. The lowest BCUT2D eigenvalue weighted by Crippen LogP contribution is -2.14. The maximum atomic E-state index is 13.1. The van der Waals surface area contributed by atoms with Crippen LogP contribution in [0.1, 0.15) is 5.56 Å². The highest BCUT2D eigenvalue weighted by Crippen LogP contribution is 2.25. The Balaban J connectivity index is 2.45. The Hall–Kier alpha value is -1.93. The van der Waals surface area contributed by atoms with E-state index in [0.29, 0.717) is 0 Å². The third-order valence-electron chi connectivity index (χ3n) is 2.73. The van der Waals surface area contributed by atoms with Crippen LogP contribution in [-0.4, -0.2) is 16.8 Å². The number of anilines is 1. The average molecular weight is 329 g/mol. The molecule has 0 heterocycles. The van der Waals surface area contributed by atoms with Crippen LogP contribution in [0.5, 0.6) is 0 Å². The normalized spacial score (nSPS) is 12.1. The van der Waals surface area contributed by atoms with Gasteiger partial charge in [0.2, 0.25) is 0 Å². The third-order valence-corrected chi connectivity index (χ3v) is 4.99. The van der Waals surface area contributed by atoms with E-state index in [2.05, 4.69) is 4.72 Å². The van der Waals surface area contributed by atoms with Gasteiger partial charge >= 0.3 is 10.2 Å². The van der Waals surface area contributed by atoms with E-state index >= 15 is 0 Å². The first-order valence-corrected chi connectivity index (χ1v) is 8.70. The average Bonchev–Trinajstić information content (AvgIpc) is 2.38. The van der Waals surface area contributed by atoms with E-state index in [9.17, 15) is 20.7 Å². The van der Waals surface area contributed by atoms with Gasteiger partial charge in [0.15, 0.2) is 0 Å². The van der Waals surface area contributed by atoms with Crippen molar-refractivity contribution >= 4 is 25.9 Å². The van der Waals surface area contributed by atoms with E-state index in [-0.39, 0.29) is 10.6 Å². The first-order valence-electron chi connectivity index (χ1n) is 5.83. The maximum Gasteiger partial charge on any atom is 0.334 e. The maximum absolute atomic E-state index is 13.1. The number of nitrogens with one attached hydrogen (secondary N) is 1. The zero-order valence-electron chi connectivity index (χ0n) is 10.9. The van der Waals surface area contributed by atoms with Crippen LogP contribution in [0.3, 0.4) is 0 Å². The number of halogens is 1. The summed E-state index contributed by atoms with van der Waals surface area (Å²) in [5, 5.41) is 0. The lowest BCUT2D eigenvalue weighted by Gasteiger charge is -2.10. The summed E-state index contributed by atoms with van der Waals surface area (Å²) in [4.78, 5) is -0.764. The summed E-state index contributed by atoms with van der Waals surface area (Å²) in [6.07, 6.45) is 0. The highest BCUT2D eigenvalue weighted by Gasteiger charge is 2.21. The number of rotatable bonds is 4. The Morgan fingerprint density at radius 3 is 2.05 bits per heavy atom. The van der Waals surface area contributed by atoms with Crippen LogP contribution in [0, 0.1) is 6.92 Å². The molecule has 0 unspecified atom stereocenters. The molecule has 0 saturated heterocycles. The summed E-state index contributed by atoms with van der Waals surface area (Å²) >= 11 is 0. The molecular weight excluding hydrogens is 317 g/mol.